The van der Waals surface area contributed by atoms with E-state index in [-0.39, 0.29) is 17.9 Å². The molecule has 1 heterocycles. The number of benzene rings is 3. The first kappa shape index (κ1) is 18.0. The molecule has 140 valence electrons. The third-order valence-electron chi connectivity index (χ3n) is 4.89. The van der Waals surface area contributed by atoms with Gasteiger partial charge < -0.3 is 4.74 Å². The van der Waals surface area contributed by atoms with Gasteiger partial charge in [-0.2, -0.15) is 5.10 Å². The van der Waals surface area contributed by atoms with Gasteiger partial charge in [-0.15, -0.1) is 0 Å². The van der Waals surface area contributed by atoms with E-state index >= 15 is 0 Å². The quantitative estimate of drug-likeness (QED) is 0.597. The first-order valence-corrected chi connectivity index (χ1v) is 9.49. The van der Waals surface area contributed by atoms with Crippen LogP contribution in [0.25, 0.3) is 0 Å². The summed E-state index contributed by atoms with van der Waals surface area (Å²) in [4.78, 5) is 12.8. The average Bonchev–Trinajstić information content (AvgIpc) is 3.16. The zero-order chi connectivity index (χ0) is 19.3. The number of anilines is 1. The van der Waals surface area contributed by atoms with Crippen molar-refractivity contribution < 1.29 is 9.53 Å². The molecule has 28 heavy (non-hydrogen) atoms. The molecule has 4 heteroatoms. The van der Waals surface area contributed by atoms with Gasteiger partial charge in [0.25, 0.3) is 0 Å². The predicted molar refractivity (Wildman–Crippen MR) is 111 cm³/mol. The van der Waals surface area contributed by atoms with Gasteiger partial charge in [-0.05, 0) is 30.2 Å². The van der Waals surface area contributed by atoms with Crippen molar-refractivity contribution in [1.29, 1.82) is 0 Å². The van der Waals surface area contributed by atoms with E-state index in [1.165, 1.54) is 0 Å². The van der Waals surface area contributed by atoms with Gasteiger partial charge in [0.05, 0.1) is 24.3 Å². The largest absolute Gasteiger partial charge is 0.461 e. The lowest BCUT2D eigenvalue weighted by Crippen LogP contribution is -2.27. The molecule has 0 unspecified atom stereocenters. The molecule has 0 bridgehead atoms. The number of esters is 1. The number of carbonyl (C=O) groups excluding carboxylic acids is 1. The number of hydrazone groups is 1. The SMILES string of the molecule is CCOC(=O)C1=NN(c2ccccc2)[C@@H](c2ccccc2)[C@@H]1c1ccccc1. The lowest BCUT2D eigenvalue weighted by Gasteiger charge is -2.28. The topological polar surface area (TPSA) is 41.9 Å². The molecule has 0 radical (unpaired) electrons. The highest BCUT2D eigenvalue weighted by Gasteiger charge is 2.43. The van der Waals surface area contributed by atoms with E-state index in [9.17, 15) is 4.79 Å². The van der Waals surface area contributed by atoms with Crippen LogP contribution in [-0.4, -0.2) is 18.3 Å². The van der Waals surface area contributed by atoms with E-state index in [1.54, 1.807) is 0 Å². The Morgan fingerprint density at radius 2 is 1.39 bits per heavy atom. The summed E-state index contributed by atoms with van der Waals surface area (Å²) in [5, 5.41) is 6.71. The fourth-order valence-electron chi connectivity index (χ4n) is 3.69. The molecule has 0 spiro atoms. The Bertz CT molecular complexity index is 956. The molecular formula is C24H22N2O2. The Morgan fingerprint density at radius 3 is 1.96 bits per heavy atom. The van der Waals surface area contributed by atoms with Gasteiger partial charge in [0.2, 0.25) is 0 Å². The fourth-order valence-corrected chi connectivity index (χ4v) is 3.69. The van der Waals surface area contributed by atoms with Crippen LogP contribution in [-0.2, 0) is 9.53 Å². The van der Waals surface area contributed by atoms with E-state index in [0.717, 1.165) is 16.8 Å². The maximum Gasteiger partial charge on any atom is 0.355 e. The van der Waals surface area contributed by atoms with Crippen LogP contribution in [0.1, 0.15) is 30.0 Å². The fraction of sp³-hybridized carbons (Fsp3) is 0.167. The molecule has 1 aliphatic heterocycles. The normalized spacial score (nSPS) is 18.6. The van der Waals surface area contributed by atoms with Crippen molar-refractivity contribution in [2.45, 2.75) is 18.9 Å². The maximum atomic E-state index is 12.8. The predicted octanol–water partition coefficient (Wildman–Crippen LogP) is 4.95. The molecule has 3 aromatic carbocycles. The number of hydrogen-bond donors (Lipinski definition) is 0. The molecular weight excluding hydrogens is 348 g/mol. The Labute approximate surface area is 165 Å². The van der Waals surface area contributed by atoms with Gasteiger partial charge in [-0.25, -0.2) is 4.79 Å². The number of ether oxygens (including phenoxy) is 1. The maximum absolute atomic E-state index is 12.8. The van der Waals surface area contributed by atoms with Crippen molar-refractivity contribution in [2.75, 3.05) is 11.6 Å². The van der Waals surface area contributed by atoms with Crippen molar-refractivity contribution >= 4 is 17.4 Å². The lowest BCUT2D eigenvalue weighted by molar-refractivity contribution is -0.135. The molecule has 1 aliphatic rings. The van der Waals surface area contributed by atoms with Crippen LogP contribution in [0.3, 0.4) is 0 Å². The highest BCUT2D eigenvalue weighted by molar-refractivity contribution is 6.39. The van der Waals surface area contributed by atoms with E-state index in [1.807, 2.05) is 90.8 Å². The summed E-state index contributed by atoms with van der Waals surface area (Å²) in [5.41, 5.74) is 3.52. The molecule has 0 saturated heterocycles. The lowest BCUT2D eigenvalue weighted by atomic mass is 9.84. The number of nitrogens with zero attached hydrogens (tertiary/aromatic N) is 2. The Balaban J connectivity index is 1.88. The highest BCUT2D eigenvalue weighted by Crippen LogP contribution is 2.44. The first-order valence-electron chi connectivity index (χ1n) is 9.49. The highest BCUT2D eigenvalue weighted by atomic mass is 16.5. The molecule has 3 aromatic rings. The molecule has 4 rings (SSSR count). The third-order valence-corrected chi connectivity index (χ3v) is 4.89. The molecule has 0 fully saturated rings. The van der Waals surface area contributed by atoms with Crippen LogP contribution in [0.4, 0.5) is 5.69 Å². The van der Waals surface area contributed by atoms with Gasteiger partial charge in [0.15, 0.2) is 5.71 Å². The minimum Gasteiger partial charge on any atom is -0.461 e. The van der Waals surface area contributed by atoms with Gasteiger partial charge in [-0.3, -0.25) is 5.01 Å². The van der Waals surface area contributed by atoms with Gasteiger partial charge in [0, 0.05) is 0 Å². The first-order chi connectivity index (χ1) is 13.8. The standard InChI is InChI=1S/C24H22N2O2/c1-2-28-24(27)22-21(18-12-6-3-7-13-18)23(19-14-8-4-9-15-19)26(25-22)20-16-10-5-11-17-20/h3-17,21,23H,2H2,1H3/t21-,23+/m1/s1. The summed E-state index contributed by atoms with van der Waals surface area (Å²) in [6, 6.07) is 30.1. The molecule has 4 nitrogen and oxygen atoms in total. The van der Waals surface area contributed by atoms with E-state index < -0.39 is 0 Å². The summed E-state index contributed by atoms with van der Waals surface area (Å²) in [7, 11) is 0. The minimum atomic E-state index is -0.365. The van der Waals surface area contributed by atoms with Crippen molar-refractivity contribution in [3.63, 3.8) is 0 Å². The minimum absolute atomic E-state index is 0.134. The van der Waals surface area contributed by atoms with Crippen molar-refractivity contribution in [2.24, 2.45) is 5.10 Å². The zero-order valence-electron chi connectivity index (χ0n) is 15.7. The van der Waals surface area contributed by atoms with Crippen molar-refractivity contribution in [3.05, 3.63) is 102 Å². The van der Waals surface area contributed by atoms with Crippen LogP contribution in [0.5, 0.6) is 0 Å². The van der Waals surface area contributed by atoms with Gasteiger partial charge in [0.1, 0.15) is 0 Å². The molecule has 0 N–H and O–H groups in total. The Kier molecular flexibility index (Phi) is 5.20. The zero-order valence-corrected chi connectivity index (χ0v) is 15.7. The van der Waals surface area contributed by atoms with Crippen LogP contribution < -0.4 is 5.01 Å². The number of carbonyl (C=O) groups is 1. The molecule has 0 aliphatic carbocycles. The summed E-state index contributed by atoms with van der Waals surface area (Å²) in [6.45, 7) is 2.13. The van der Waals surface area contributed by atoms with Crippen molar-refractivity contribution in [3.8, 4) is 0 Å². The van der Waals surface area contributed by atoms with E-state index in [4.69, 9.17) is 9.84 Å². The smallest absolute Gasteiger partial charge is 0.355 e. The van der Waals surface area contributed by atoms with Crippen LogP contribution >= 0.6 is 0 Å². The Morgan fingerprint density at radius 1 is 0.857 bits per heavy atom. The van der Waals surface area contributed by atoms with E-state index in [0.29, 0.717) is 12.3 Å². The number of para-hydroxylation sites is 1. The van der Waals surface area contributed by atoms with Crippen LogP contribution in [0, 0.1) is 0 Å². The summed E-state index contributed by atoms with van der Waals surface area (Å²) < 4.78 is 5.35. The van der Waals surface area contributed by atoms with Crippen molar-refractivity contribution in [1.82, 2.24) is 0 Å². The molecule has 0 aromatic heterocycles. The molecule has 0 saturated carbocycles. The number of hydrogen-bond acceptors (Lipinski definition) is 4. The summed E-state index contributed by atoms with van der Waals surface area (Å²) in [5.74, 6) is -0.585. The van der Waals surface area contributed by atoms with Crippen LogP contribution in [0.2, 0.25) is 0 Å². The van der Waals surface area contributed by atoms with Gasteiger partial charge >= 0.3 is 5.97 Å². The average molecular weight is 370 g/mol. The molecule has 2 atom stereocenters. The molecule has 0 amide bonds. The van der Waals surface area contributed by atoms with Crippen LogP contribution in [0.15, 0.2) is 96.1 Å². The second-order valence-corrected chi connectivity index (χ2v) is 6.63. The van der Waals surface area contributed by atoms with E-state index in [2.05, 4.69) is 12.1 Å². The monoisotopic (exact) mass is 370 g/mol. The summed E-state index contributed by atoms with van der Waals surface area (Å²) >= 11 is 0. The Hall–Kier alpha value is -3.40. The number of rotatable bonds is 5. The van der Waals surface area contributed by atoms with Gasteiger partial charge in [-0.1, -0.05) is 78.9 Å². The second kappa shape index (κ2) is 8.09. The third kappa shape index (κ3) is 3.41. The summed E-state index contributed by atoms with van der Waals surface area (Å²) in [6.07, 6.45) is 0. The second-order valence-electron chi connectivity index (χ2n) is 6.63.